The van der Waals surface area contributed by atoms with Gasteiger partial charge in [-0.3, -0.25) is 4.79 Å². The lowest BCUT2D eigenvalue weighted by Gasteiger charge is -2.33. The Balaban J connectivity index is 2.85. The maximum absolute atomic E-state index is 11.7. The van der Waals surface area contributed by atoms with Crippen LogP contribution in [0.1, 0.15) is 33.6 Å². The predicted molar refractivity (Wildman–Crippen MR) is 55.5 cm³/mol. The van der Waals surface area contributed by atoms with Crippen LogP contribution in [0.3, 0.4) is 0 Å². The Morgan fingerprint density at radius 3 is 2.85 bits per heavy atom. The fraction of sp³-hybridized carbons (Fsp3) is 0.583. The van der Waals surface area contributed by atoms with Crippen LogP contribution in [0.2, 0.25) is 0 Å². The van der Waals surface area contributed by atoms with Gasteiger partial charge < -0.3 is 0 Å². The molecule has 2 unspecified atom stereocenters. The molecule has 0 aromatic heterocycles. The fourth-order valence-corrected chi connectivity index (χ4v) is 1.84. The Labute approximate surface area is 80.5 Å². The van der Waals surface area contributed by atoms with Crippen LogP contribution in [0.25, 0.3) is 0 Å². The molecule has 1 aliphatic carbocycles. The highest BCUT2D eigenvalue weighted by Crippen LogP contribution is 2.37. The molecule has 0 saturated carbocycles. The van der Waals surface area contributed by atoms with Crippen LogP contribution in [0.5, 0.6) is 0 Å². The summed E-state index contributed by atoms with van der Waals surface area (Å²) in [5, 5.41) is 0. The zero-order valence-electron chi connectivity index (χ0n) is 8.71. The molecule has 13 heavy (non-hydrogen) atoms. The second-order valence-electron chi connectivity index (χ2n) is 4.04. The smallest absolute Gasteiger partial charge is 0.161 e. The molecule has 0 spiro atoms. The highest BCUT2D eigenvalue weighted by atomic mass is 16.1. The van der Waals surface area contributed by atoms with Gasteiger partial charge in [0.05, 0.1) is 0 Å². The van der Waals surface area contributed by atoms with Gasteiger partial charge in [-0.15, -0.1) is 0 Å². The molecule has 72 valence electrons. The molecule has 2 atom stereocenters. The number of hydrogen-bond acceptors (Lipinski definition) is 1. The van der Waals surface area contributed by atoms with Crippen molar-refractivity contribution in [2.45, 2.75) is 33.6 Å². The van der Waals surface area contributed by atoms with Gasteiger partial charge in [0.15, 0.2) is 5.78 Å². The van der Waals surface area contributed by atoms with Crippen LogP contribution in [0, 0.1) is 11.3 Å². The van der Waals surface area contributed by atoms with Gasteiger partial charge in [-0.2, -0.15) is 0 Å². The third-order valence-electron chi connectivity index (χ3n) is 3.15. The summed E-state index contributed by atoms with van der Waals surface area (Å²) in [7, 11) is 0. The van der Waals surface area contributed by atoms with Gasteiger partial charge in [0, 0.05) is 5.41 Å². The molecule has 1 heteroatoms. The topological polar surface area (TPSA) is 17.1 Å². The van der Waals surface area contributed by atoms with Crippen LogP contribution in [0.15, 0.2) is 24.3 Å². The molecule has 1 nitrogen and oxygen atoms in total. The lowest BCUT2D eigenvalue weighted by Crippen LogP contribution is -2.34. The molecule has 0 saturated heterocycles. The summed E-state index contributed by atoms with van der Waals surface area (Å²) >= 11 is 0. The van der Waals surface area contributed by atoms with Crippen LogP contribution in [-0.2, 0) is 4.79 Å². The normalized spacial score (nSPS) is 31.2. The zero-order chi connectivity index (χ0) is 9.90. The number of carbonyl (C=O) groups excluding carboxylic acids is 1. The monoisotopic (exact) mass is 178 g/mol. The minimum atomic E-state index is -0.165. The molecule has 0 heterocycles. The summed E-state index contributed by atoms with van der Waals surface area (Å²) in [5.74, 6) is 0.624. The summed E-state index contributed by atoms with van der Waals surface area (Å²) in [6, 6.07) is 0. The van der Waals surface area contributed by atoms with Crippen molar-refractivity contribution >= 4 is 5.78 Å². The maximum atomic E-state index is 11.7. The molecule has 0 N–H and O–H groups in total. The average Bonchev–Trinajstić information content (AvgIpc) is 2.11. The van der Waals surface area contributed by atoms with Gasteiger partial charge in [-0.1, -0.05) is 32.1 Å². The summed E-state index contributed by atoms with van der Waals surface area (Å²) in [6.45, 7) is 6.20. The number of hydrogen-bond donors (Lipinski definition) is 0. The van der Waals surface area contributed by atoms with Crippen molar-refractivity contribution < 1.29 is 4.79 Å². The first-order valence-electron chi connectivity index (χ1n) is 4.95. The van der Waals surface area contributed by atoms with E-state index in [2.05, 4.69) is 19.9 Å². The molecular weight excluding hydrogens is 160 g/mol. The highest BCUT2D eigenvalue weighted by Gasteiger charge is 2.36. The van der Waals surface area contributed by atoms with Crippen molar-refractivity contribution in [3.05, 3.63) is 24.3 Å². The van der Waals surface area contributed by atoms with Crippen molar-refractivity contribution in [3.8, 4) is 0 Å². The third-order valence-corrected chi connectivity index (χ3v) is 3.15. The number of rotatable bonds is 2. The van der Waals surface area contributed by atoms with Crippen LogP contribution in [0.4, 0.5) is 0 Å². The van der Waals surface area contributed by atoms with E-state index < -0.39 is 0 Å². The van der Waals surface area contributed by atoms with Gasteiger partial charge in [0.1, 0.15) is 0 Å². The molecule has 0 bridgehead atoms. The Kier molecular flexibility index (Phi) is 3.07. The Morgan fingerprint density at radius 2 is 2.31 bits per heavy atom. The van der Waals surface area contributed by atoms with E-state index in [1.807, 2.05) is 19.1 Å². The Bertz CT molecular complexity index is 250. The summed E-state index contributed by atoms with van der Waals surface area (Å²) < 4.78 is 0. The molecule has 0 fully saturated rings. The first kappa shape index (κ1) is 10.2. The van der Waals surface area contributed by atoms with E-state index in [1.165, 1.54) is 0 Å². The molecule has 0 amide bonds. The van der Waals surface area contributed by atoms with E-state index in [0.717, 1.165) is 12.8 Å². The second kappa shape index (κ2) is 3.91. The molecule has 0 radical (unpaired) electrons. The number of carbonyl (C=O) groups is 1. The summed E-state index contributed by atoms with van der Waals surface area (Å²) in [6.07, 6.45) is 9.88. The van der Waals surface area contributed by atoms with Crippen LogP contribution < -0.4 is 0 Å². The lowest BCUT2D eigenvalue weighted by molar-refractivity contribution is -0.125. The van der Waals surface area contributed by atoms with E-state index in [4.69, 9.17) is 0 Å². The van der Waals surface area contributed by atoms with E-state index in [0.29, 0.717) is 5.92 Å². The van der Waals surface area contributed by atoms with Crippen molar-refractivity contribution in [2.24, 2.45) is 11.3 Å². The minimum Gasteiger partial charge on any atom is -0.294 e. The maximum Gasteiger partial charge on any atom is 0.161 e. The van der Waals surface area contributed by atoms with E-state index >= 15 is 0 Å². The van der Waals surface area contributed by atoms with Gasteiger partial charge >= 0.3 is 0 Å². The van der Waals surface area contributed by atoms with Crippen LogP contribution in [-0.4, -0.2) is 5.78 Å². The molecule has 0 aromatic carbocycles. The predicted octanol–water partition coefficient (Wildman–Crippen LogP) is 3.12. The number of ketones is 1. The lowest BCUT2D eigenvalue weighted by atomic mass is 9.69. The fourth-order valence-electron chi connectivity index (χ4n) is 1.84. The van der Waals surface area contributed by atoms with Crippen molar-refractivity contribution in [2.75, 3.05) is 0 Å². The Morgan fingerprint density at radius 1 is 1.62 bits per heavy atom. The highest BCUT2D eigenvalue weighted by molar-refractivity contribution is 5.95. The molecule has 0 aliphatic heterocycles. The average molecular weight is 178 g/mol. The van der Waals surface area contributed by atoms with Gasteiger partial charge in [0.2, 0.25) is 0 Å². The third kappa shape index (κ3) is 1.90. The van der Waals surface area contributed by atoms with Gasteiger partial charge in [0.25, 0.3) is 0 Å². The first-order valence-corrected chi connectivity index (χ1v) is 4.95. The van der Waals surface area contributed by atoms with Crippen molar-refractivity contribution in [3.63, 3.8) is 0 Å². The molecule has 1 aliphatic rings. The van der Waals surface area contributed by atoms with Crippen LogP contribution >= 0.6 is 0 Å². The number of allylic oxidation sites excluding steroid dienone is 4. The largest absolute Gasteiger partial charge is 0.294 e. The zero-order valence-corrected chi connectivity index (χ0v) is 8.71. The standard InChI is InChI=1S/C12H18O/c1-4-7-10(2)12(3)9-6-5-8-11(12)13/h4-5,7-8,10H,6,9H2,1-3H3/b7-4+. The Hall–Kier alpha value is -0.850. The quantitative estimate of drug-likeness (QED) is 0.594. The van der Waals surface area contributed by atoms with Crippen molar-refractivity contribution in [1.29, 1.82) is 0 Å². The van der Waals surface area contributed by atoms with E-state index in [1.54, 1.807) is 6.08 Å². The van der Waals surface area contributed by atoms with E-state index in [9.17, 15) is 4.79 Å². The van der Waals surface area contributed by atoms with E-state index in [-0.39, 0.29) is 11.2 Å². The second-order valence-corrected chi connectivity index (χ2v) is 4.04. The minimum absolute atomic E-state index is 0.165. The summed E-state index contributed by atoms with van der Waals surface area (Å²) in [5.41, 5.74) is -0.165. The first-order chi connectivity index (χ1) is 6.11. The molecule has 1 rings (SSSR count). The molecule has 0 aromatic rings. The van der Waals surface area contributed by atoms with Crippen molar-refractivity contribution in [1.82, 2.24) is 0 Å². The summed E-state index contributed by atoms with van der Waals surface area (Å²) in [4.78, 5) is 11.7. The van der Waals surface area contributed by atoms with Gasteiger partial charge in [-0.25, -0.2) is 0 Å². The molecular formula is C12H18O. The SMILES string of the molecule is C/C=C/C(C)C1(C)CCC=CC1=O. The van der Waals surface area contributed by atoms with Gasteiger partial charge in [-0.05, 0) is 31.8 Å².